The van der Waals surface area contributed by atoms with Gasteiger partial charge >= 0.3 is 0 Å². The van der Waals surface area contributed by atoms with E-state index in [1.807, 2.05) is 30.6 Å². The molecule has 2 saturated carbocycles. The number of hydrogen-bond donors (Lipinski definition) is 1. The zero-order chi connectivity index (χ0) is 19.6. The van der Waals surface area contributed by atoms with Gasteiger partial charge in [-0.3, -0.25) is 9.78 Å². The molecule has 6 heteroatoms. The van der Waals surface area contributed by atoms with Crippen LogP contribution in [0.2, 0.25) is 0 Å². The molecule has 1 N–H and O–H groups in total. The summed E-state index contributed by atoms with van der Waals surface area (Å²) >= 11 is 0. The molecule has 0 radical (unpaired) electrons. The largest absolute Gasteiger partial charge is 0.348 e. The van der Waals surface area contributed by atoms with E-state index in [0.717, 1.165) is 41.8 Å². The van der Waals surface area contributed by atoms with Crippen LogP contribution in [0, 0.1) is 5.92 Å². The van der Waals surface area contributed by atoms with E-state index in [9.17, 15) is 4.79 Å². The first kappa shape index (κ1) is 18.0. The van der Waals surface area contributed by atoms with Gasteiger partial charge in [0.15, 0.2) is 5.82 Å². The summed E-state index contributed by atoms with van der Waals surface area (Å²) in [6.07, 6.45) is 16.3. The third-order valence-electron chi connectivity index (χ3n) is 5.88. The van der Waals surface area contributed by atoms with Gasteiger partial charge in [-0.05, 0) is 49.8 Å². The first-order valence-electron chi connectivity index (χ1n) is 10.5. The van der Waals surface area contributed by atoms with Gasteiger partial charge in [-0.2, -0.15) is 0 Å². The van der Waals surface area contributed by atoms with Crippen molar-refractivity contribution in [1.29, 1.82) is 0 Å². The number of pyridine rings is 1. The van der Waals surface area contributed by atoms with E-state index in [1.54, 1.807) is 12.4 Å². The molecule has 1 amide bonds. The van der Waals surface area contributed by atoms with Crippen molar-refractivity contribution in [1.82, 2.24) is 24.8 Å². The van der Waals surface area contributed by atoms with Crippen LogP contribution in [-0.4, -0.2) is 31.5 Å². The Labute approximate surface area is 170 Å². The van der Waals surface area contributed by atoms with Gasteiger partial charge in [-0.1, -0.05) is 12.8 Å². The average Bonchev–Trinajstić information content (AvgIpc) is 3.24. The molecular formula is C23H25N5O. The Morgan fingerprint density at radius 1 is 1.03 bits per heavy atom. The molecule has 29 heavy (non-hydrogen) atoms. The Balaban J connectivity index is 1.40. The fourth-order valence-electron chi connectivity index (χ4n) is 4.04. The average molecular weight is 387 g/mol. The second-order valence-electron chi connectivity index (χ2n) is 8.20. The van der Waals surface area contributed by atoms with E-state index in [4.69, 9.17) is 0 Å². The summed E-state index contributed by atoms with van der Waals surface area (Å²) in [7, 11) is 0. The number of carbonyl (C=O) groups is 1. The van der Waals surface area contributed by atoms with E-state index in [0.29, 0.717) is 17.8 Å². The zero-order valence-electron chi connectivity index (χ0n) is 16.4. The first-order chi connectivity index (χ1) is 14.3. The fourth-order valence-corrected chi connectivity index (χ4v) is 4.04. The van der Waals surface area contributed by atoms with Gasteiger partial charge in [0, 0.05) is 60.3 Å². The van der Waals surface area contributed by atoms with Gasteiger partial charge in [0.2, 0.25) is 0 Å². The molecular weight excluding hydrogens is 362 g/mol. The van der Waals surface area contributed by atoms with Gasteiger partial charge in [0.05, 0.1) is 0 Å². The quantitative estimate of drug-likeness (QED) is 0.691. The number of amides is 1. The predicted molar refractivity (Wildman–Crippen MR) is 111 cm³/mol. The molecule has 0 atom stereocenters. The van der Waals surface area contributed by atoms with Crippen LogP contribution in [0.25, 0.3) is 22.5 Å². The Hall–Kier alpha value is -3.02. The fraction of sp³-hybridized carbons (Fsp3) is 0.391. The molecule has 5 rings (SSSR count). The van der Waals surface area contributed by atoms with Crippen molar-refractivity contribution in [2.45, 2.75) is 51.1 Å². The smallest absolute Gasteiger partial charge is 0.268 e. The van der Waals surface area contributed by atoms with Gasteiger partial charge < -0.3 is 9.88 Å². The number of aromatic nitrogens is 4. The Morgan fingerprint density at radius 2 is 1.83 bits per heavy atom. The number of carbonyl (C=O) groups excluding carboxylic acids is 1. The summed E-state index contributed by atoms with van der Waals surface area (Å²) in [4.78, 5) is 26.1. The van der Waals surface area contributed by atoms with Gasteiger partial charge in [0.1, 0.15) is 5.69 Å². The second kappa shape index (κ2) is 7.78. The van der Waals surface area contributed by atoms with E-state index in [1.165, 1.54) is 25.7 Å². The topological polar surface area (TPSA) is 72.7 Å². The van der Waals surface area contributed by atoms with Gasteiger partial charge in [-0.25, -0.2) is 9.97 Å². The number of rotatable bonds is 6. The minimum atomic E-state index is 0.0386. The summed E-state index contributed by atoms with van der Waals surface area (Å²) < 4.78 is 2.12. The summed E-state index contributed by atoms with van der Waals surface area (Å²) in [5, 5.41) is 3.23. The molecule has 0 bridgehead atoms. The van der Waals surface area contributed by atoms with Crippen LogP contribution in [0.4, 0.5) is 0 Å². The Bertz CT molecular complexity index is 986. The molecule has 0 aliphatic heterocycles. The van der Waals surface area contributed by atoms with Gasteiger partial charge in [0.25, 0.3) is 5.91 Å². The van der Waals surface area contributed by atoms with Crippen LogP contribution in [0.1, 0.15) is 49.0 Å². The Morgan fingerprint density at radius 3 is 2.52 bits per heavy atom. The van der Waals surface area contributed by atoms with Crippen molar-refractivity contribution in [3.05, 3.63) is 54.9 Å². The highest BCUT2D eigenvalue weighted by molar-refractivity contribution is 5.94. The SMILES string of the molecule is O=C(NC1CCCC1)c1cc(-c2cnc(-c3cccnc3)nc2)cn1CC1CC1. The number of nitrogens with zero attached hydrogens (tertiary/aromatic N) is 4. The lowest BCUT2D eigenvalue weighted by Crippen LogP contribution is -2.34. The summed E-state index contributed by atoms with van der Waals surface area (Å²) in [6.45, 7) is 0.905. The standard InChI is InChI=1S/C23H25N5O/c29-23(27-20-5-1-2-6-20)21-10-18(15-28(21)14-16-7-8-16)19-12-25-22(26-13-19)17-4-3-9-24-11-17/h3-4,9-13,15-16,20H,1-2,5-8,14H2,(H,27,29). The maximum absolute atomic E-state index is 12.9. The van der Waals surface area contributed by atoms with Crippen LogP contribution in [0.15, 0.2) is 49.2 Å². The lowest BCUT2D eigenvalue weighted by Gasteiger charge is -2.13. The molecule has 3 aromatic heterocycles. The number of nitrogens with one attached hydrogen (secondary N) is 1. The number of hydrogen-bond acceptors (Lipinski definition) is 4. The molecule has 6 nitrogen and oxygen atoms in total. The molecule has 3 aromatic rings. The third-order valence-corrected chi connectivity index (χ3v) is 5.88. The van der Waals surface area contributed by atoms with Crippen LogP contribution in [0.3, 0.4) is 0 Å². The molecule has 2 aliphatic carbocycles. The summed E-state index contributed by atoms with van der Waals surface area (Å²) in [6, 6.07) is 6.12. The minimum Gasteiger partial charge on any atom is -0.348 e. The highest BCUT2D eigenvalue weighted by Crippen LogP contribution is 2.33. The van der Waals surface area contributed by atoms with Crippen molar-refractivity contribution in [3.63, 3.8) is 0 Å². The van der Waals surface area contributed by atoms with E-state index < -0.39 is 0 Å². The van der Waals surface area contributed by atoms with Crippen LogP contribution >= 0.6 is 0 Å². The van der Waals surface area contributed by atoms with Crippen molar-refractivity contribution in [3.8, 4) is 22.5 Å². The second-order valence-corrected chi connectivity index (χ2v) is 8.20. The lowest BCUT2D eigenvalue weighted by atomic mass is 10.1. The van der Waals surface area contributed by atoms with Gasteiger partial charge in [-0.15, -0.1) is 0 Å². The zero-order valence-corrected chi connectivity index (χ0v) is 16.4. The molecule has 2 aliphatic rings. The van der Waals surface area contributed by atoms with Crippen molar-refractivity contribution >= 4 is 5.91 Å². The van der Waals surface area contributed by atoms with Crippen molar-refractivity contribution < 1.29 is 4.79 Å². The van der Waals surface area contributed by atoms with Crippen LogP contribution in [-0.2, 0) is 6.54 Å². The highest BCUT2D eigenvalue weighted by Gasteiger charge is 2.26. The van der Waals surface area contributed by atoms with E-state index >= 15 is 0 Å². The third kappa shape index (κ3) is 4.06. The maximum Gasteiger partial charge on any atom is 0.268 e. The summed E-state index contributed by atoms with van der Waals surface area (Å²) in [5.74, 6) is 1.38. The molecule has 0 spiro atoms. The maximum atomic E-state index is 12.9. The molecule has 148 valence electrons. The van der Waals surface area contributed by atoms with Crippen LogP contribution in [0.5, 0.6) is 0 Å². The molecule has 2 fully saturated rings. The molecule has 3 heterocycles. The monoisotopic (exact) mass is 387 g/mol. The first-order valence-corrected chi connectivity index (χ1v) is 10.5. The van der Waals surface area contributed by atoms with E-state index in [-0.39, 0.29) is 5.91 Å². The Kier molecular flexibility index (Phi) is 4.84. The molecule has 0 unspecified atom stereocenters. The predicted octanol–water partition coefficient (Wildman–Crippen LogP) is 4.09. The lowest BCUT2D eigenvalue weighted by molar-refractivity contribution is 0.0928. The molecule has 0 saturated heterocycles. The molecule has 0 aromatic carbocycles. The van der Waals surface area contributed by atoms with Crippen molar-refractivity contribution in [2.75, 3.05) is 0 Å². The van der Waals surface area contributed by atoms with Crippen molar-refractivity contribution in [2.24, 2.45) is 5.92 Å². The van der Waals surface area contributed by atoms with E-state index in [2.05, 4.69) is 31.0 Å². The summed E-state index contributed by atoms with van der Waals surface area (Å²) in [5.41, 5.74) is 3.54. The minimum absolute atomic E-state index is 0.0386. The van der Waals surface area contributed by atoms with Crippen LogP contribution < -0.4 is 5.32 Å². The normalized spacial score (nSPS) is 16.8. The highest BCUT2D eigenvalue weighted by atomic mass is 16.2.